The number of rotatable bonds is 4. The van der Waals surface area contributed by atoms with Crippen molar-refractivity contribution in [1.82, 2.24) is 4.31 Å². The molecular formula is C13H14N2O4S. The van der Waals surface area contributed by atoms with E-state index in [1.54, 1.807) is 19.1 Å². The summed E-state index contributed by atoms with van der Waals surface area (Å²) >= 11 is 0. The van der Waals surface area contributed by atoms with Gasteiger partial charge >= 0.3 is 5.97 Å². The molecule has 0 amide bonds. The molecule has 1 heterocycles. The van der Waals surface area contributed by atoms with E-state index in [-0.39, 0.29) is 29.5 Å². The molecule has 2 rings (SSSR count). The van der Waals surface area contributed by atoms with E-state index in [2.05, 4.69) is 0 Å². The van der Waals surface area contributed by atoms with Gasteiger partial charge in [0.2, 0.25) is 10.0 Å². The Kier molecular flexibility index (Phi) is 3.79. The molecule has 1 atom stereocenters. The van der Waals surface area contributed by atoms with Crippen LogP contribution >= 0.6 is 0 Å². The Labute approximate surface area is 117 Å². The van der Waals surface area contributed by atoms with Gasteiger partial charge in [-0.2, -0.15) is 9.57 Å². The average molecular weight is 294 g/mol. The highest BCUT2D eigenvalue weighted by Crippen LogP contribution is 2.30. The highest BCUT2D eigenvalue weighted by Gasteiger charge is 2.41. The second-order valence-electron chi connectivity index (χ2n) is 4.82. The quantitative estimate of drug-likeness (QED) is 0.889. The van der Waals surface area contributed by atoms with Crippen LogP contribution in [0.5, 0.6) is 0 Å². The summed E-state index contributed by atoms with van der Waals surface area (Å²) in [5.74, 6) is -1.69. The molecule has 0 aromatic heterocycles. The third kappa shape index (κ3) is 2.40. The molecule has 106 valence electrons. The number of hydrogen-bond acceptors (Lipinski definition) is 4. The van der Waals surface area contributed by atoms with Gasteiger partial charge < -0.3 is 5.11 Å². The topological polar surface area (TPSA) is 98.5 Å². The first-order valence-corrected chi connectivity index (χ1v) is 7.54. The number of benzene rings is 1. The van der Waals surface area contributed by atoms with Crippen LogP contribution in [-0.4, -0.2) is 36.9 Å². The minimum Gasteiger partial charge on any atom is -0.481 e. The molecule has 1 unspecified atom stereocenters. The zero-order chi connectivity index (χ0) is 14.9. The lowest BCUT2D eigenvalue weighted by molar-refractivity contribution is -0.144. The average Bonchev–Trinajstić information content (AvgIpc) is 2.36. The van der Waals surface area contributed by atoms with Crippen LogP contribution in [0, 0.1) is 23.2 Å². The normalized spacial score (nSPS) is 18.0. The summed E-state index contributed by atoms with van der Waals surface area (Å²) in [7, 11) is -3.72. The molecule has 0 aliphatic carbocycles. The zero-order valence-electron chi connectivity index (χ0n) is 10.9. The van der Waals surface area contributed by atoms with Crippen LogP contribution in [0.4, 0.5) is 0 Å². The predicted octanol–water partition coefficient (Wildman–Crippen LogP) is 0.899. The maximum atomic E-state index is 12.4. The molecule has 1 aliphatic heterocycles. The lowest BCUT2D eigenvalue weighted by Gasteiger charge is -2.40. The van der Waals surface area contributed by atoms with Gasteiger partial charge in [-0.15, -0.1) is 0 Å². The Balaban J connectivity index is 2.19. The fourth-order valence-corrected chi connectivity index (χ4v) is 3.80. The molecule has 1 saturated heterocycles. The summed E-state index contributed by atoms with van der Waals surface area (Å²) in [6, 6.07) is 7.86. The lowest BCUT2D eigenvalue weighted by Crippen LogP contribution is -2.53. The summed E-state index contributed by atoms with van der Waals surface area (Å²) in [6.07, 6.45) is 0. The SMILES string of the molecule is CC(C(=O)O)C1CN(S(=O)(=O)c2ccccc2C#N)C1. The highest BCUT2D eigenvalue weighted by atomic mass is 32.2. The number of aliphatic carboxylic acids is 1. The molecule has 0 spiro atoms. The van der Waals surface area contributed by atoms with Gasteiger partial charge in [0.05, 0.1) is 16.4 Å². The summed E-state index contributed by atoms with van der Waals surface area (Å²) < 4.78 is 25.9. The van der Waals surface area contributed by atoms with E-state index in [4.69, 9.17) is 10.4 Å². The summed E-state index contributed by atoms with van der Waals surface area (Å²) in [5, 5.41) is 17.9. The second-order valence-corrected chi connectivity index (χ2v) is 6.72. The van der Waals surface area contributed by atoms with Crippen molar-refractivity contribution >= 4 is 16.0 Å². The summed E-state index contributed by atoms with van der Waals surface area (Å²) in [6.45, 7) is 1.92. The van der Waals surface area contributed by atoms with Crippen LogP contribution in [0.15, 0.2) is 29.2 Å². The molecule has 0 radical (unpaired) electrons. The largest absolute Gasteiger partial charge is 0.481 e. The maximum Gasteiger partial charge on any atom is 0.306 e. The highest BCUT2D eigenvalue weighted by molar-refractivity contribution is 7.89. The molecule has 7 heteroatoms. The van der Waals surface area contributed by atoms with E-state index in [0.29, 0.717) is 0 Å². The number of nitrogens with zero attached hydrogens (tertiary/aromatic N) is 2. The Morgan fingerprint density at radius 3 is 2.60 bits per heavy atom. The molecule has 0 bridgehead atoms. The Morgan fingerprint density at radius 2 is 2.05 bits per heavy atom. The van der Waals surface area contributed by atoms with Crippen LogP contribution in [0.1, 0.15) is 12.5 Å². The zero-order valence-corrected chi connectivity index (χ0v) is 11.7. The van der Waals surface area contributed by atoms with Crippen LogP contribution in [0.25, 0.3) is 0 Å². The minimum absolute atomic E-state index is 0.0241. The lowest BCUT2D eigenvalue weighted by atomic mass is 9.89. The monoisotopic (exact) mass is 294 g/mol. The van der Waals surface area contributed by atoms with Crippen molar-refractivity contribution in [3.63, 3.8) is 0 Å². The van der Waals surface area contributed by atoms with Gasteiger partial charge in [0.1, 0.15) is 6.07 Å². The molecule has 6 nitrogen and oxygen atoms in total. The molecule has 1 aromatic carbocycles. The summed E-state index contributed by atoms with van der Waals surface area (Å²) in [4.78, 5) is 10.8. The van der Waals surface area contributed by atoms with Gasteiger partial charge in [-0.1, -0.05) is 19.1 Å². The number of sulfonamides is 1. The van der Waals surface area contributed by atoms with Gasteiger partial charge in [0.15, 0.2) is 0 Å². The fraction of sp³-hybridized carbons (Fsp3) is 0.385. The standard InChI is InChI=1S/C13H14N2O4S/c1-9(13(16)17)11-7-15(8-11)20(18,19)12-5-3-2-4-10(12)6-14/h2-5,9,11H,7-8H2,1H3,(H,16,17). The Bertz CT molecular complexity index is 672. The Hall–Kier alpha value is -1.91. The molecule has 1 aliphatic rings. The van der Waals surface area contributed by atoms with Gasteiger partial charge in [-0.25, -0.2) is 8.42 Å². The van der Waals surface area contributed by atoms with E-state index < -0.39 is 21.9 Å². The van der Waals surface area contributed by atoms with Crippen LogP contribution in [0.2, 0.25) is 0 Å². The van der Waals surface area contributed by atoms with E-state index in [1.165, 1.54) is 16.4 Å². The van der Waals surface area contributed by atoms with E-state index in [1.807, 2.05) is 6.07 Å². The Morgan fingerprint density at radius 1 is 1.45 bits per heavy atom. The smallest absolute Gasteiger partial charge is 0.306 e. The number of nitriles is 1. The van der Waals surface area contributed by atoms with Gasteiger partial charge in [-0.3, -0.25) is 4.79 Å². The van der Waals surface area contributed by atoms with Crippen molar-refractivity contribution in [2.24, 2.45) is 11.8 Å². The van der Waals surface area contributed by atoms with Crippen molar-refractivity contribution < 1.29 is 18.3 Å². The van der Waals surface area contributed by atoms with Gasteiger partial charge in [-0.05, 0) is 18.1 Å². The van der Waals surface area contributed by atoms with Crippen molar-refractivity contribution in [2.45, 2.75) is 11.8 Å². The number of carbonyl (C=O) groups is 1. The van der Waals surface area contributed by atoms with E-state index >= 15 is 0 Å². The number of hydrogen-bond donors (Lipinski definition) is 1. The minimum atomic E-state index is -3.72. The first-order valence-electron chi connectivity index (χ1n) is 6.10. The van der Waals surface area contributed by atoms with E-state index in [9.17, 15) is 13.2 Å². The first kappa shape index (κ1) is 14.5. The van der Waals surface area contributed by atoms with Crippen LogP contribution < -0.4 is 0 Å². The van der Waals surface area contributed by atoms with Crippen LogP contribution in [-0.2, 0) is 14.8 Å². The van der Waals surface area contributed by atoms with Gasteiger partial charge in [0, 0.05) is 13.1 Å². The van der Waals surface area contributed by atoms with Crippen LogP contribution in [0.3, 0.4) is 0 Å². The van der Waals surface area contributed by atoms with Gasteiger partial charge in [0.25, 0.3) is 0 Å². The molecule has 20 heavy (non-hydrogen) atoms. The third-order valence-electron chi connectivity index (χ3n) is 3.60. The molecule has 1 aromatic rings. The first-order chi connectivity index (χ1) is 9.37. The van der Waals surface area contributed by atoms with Crippen molar-refractivity contribution in [3.05, 3.63) is 29.8 Å². The number of carboxylic acids is 1. The number of carboxylic acid groups (broad SMARTS) is 1. The van der Waals surface area contributed by atoms with Crippen molar-refractivity contribution in [1.29, 1.82) is 5.26 Å². The fourth-order valence-electron chi connectivity index (χ4n) is 2.11. The predicted molar refractivity (Wildman–Crippen MR) is 70.2 cm³/mol. The maximum absolute atomic E-state index is 12.4. The molecular weight excluding hydrogens is 280 g/mol. The second kappa shape index (κ2) is 5.23. The molecule has 0 saturated carbocycles. The summed E-state index contributed by atoms with van der Waals surface area (Å²) in [5.41, 5.74) is 0.0993. The van der Waals surface area contributed by atoms with Crippen molar-refractivity contribution in [2.75, 3.05) is 13.1 Å². The third-order valence-corrected chi connectivity index (χ3v) is 5.49. The van der Waals surface area contributed by atoms with E-state index in [0.717, 1.165) is 0 Å². The molecule has 1 N–H and O–H groups in total. The molecule has 1 fully saturated rings. The van der Waals surface area contributed by atoms with Crippen molar-refractivity contribution in [3.8, 4) is 6.07 Å².